The highest BCUT2D eigenvalue weighted by Gasteiger charge is 2.21. The number of nitrogens with one attached hydrogen (secondary N) is 1. The van der Waals surface area contributed by atoms with Gasteiger partial charge in [0.25, 0.3) is 15.9 Å². The minimum Gasteiger partial charge on any atom is -0.497 e. The summed E-state index contributed by atoms with van der Waals surface area (Å²) in [6.07, 6.45) is 2.68. The van der Waals surface area contributed by atoms with E-state index in [0.29, 0.717) is 22.8 Å². The van der Waals surface area contributed by atoms with Gasteiger partial charge >= 0.3 is 0 Å². The smallest absolute Gasteiger partial charge is 0.283 e. The van der Waals surface area contributed by atoms with Crippen LogP contribution < -0.4 is 14.2 Å². The molecule has 9 heteroatoms. The second-order valence-corrected chi connectivity index (χ2v) is 7.40. The van der Waals surface area contributed by atoms with E-state index in [0.717, 1.165) is 0 Å². The van der Waals surface area contributed by atoms with E-state index in [9.17, 15) is 13.2 Å². The van der Waals surface area contributed by atoms with Gasteiger partial charge < -0.3 is 9.47 Å². The molecule has 0 unspecified atom stereocenters. The zero-order valence-electron chi connectivity index (χ0n) is 15.1. The van der Waals surface area contributed by atoms with Gasteiger partial charge in [-0.25, -0.2) is 14.7 Å². The average molecular weight is 399 g/mol. The molecule has 0 aliphatic rings. The molecule has 0 radical (unpaired) electrons. The van der Waals surface area contributed by atoms with E-state index >= 15 is 0 Å². The Bertz CT molecular complexity index is 1100. The third-order valence-electron chi connectivity index (χ3n) is 3.64. The van der Waals surface area contributed by atoms with Crippen molar-refractivity contribution >= 4 is 15.9 Å². The summed E-state index contributed by atoms with van der Waals surface area (Å²) < 4.78 is 37.3. The molecule has 1 N–H and O–H groups in total. The van der Waals surface area contributed by atoms with Gasteiger partial charge in [0.15, 0.2) is 5.03 Å². The fourth-order valence-corrected chi connectivity index (χ4v) is 3.25. The SMILES string of the molecule is COc1cccc(Oc2ccc(C(=O)NS(=O)(=O)c3cc(C)ccn3)nc2)c1. The molecular formula is C19H17N3O5S. The van der Waals surface area contributed by atoms with E-state index < -0.39 is 15.9 Å². The van der Waals surface area contributed by atoms with Crippen molar-refractivity contribution in [1.82, 2.24) is 14.7 Å². The molecule has 28 heavy (non-hydrogen) atoms. The molecular weight excluding hydrogens is 382 g/mol. The van der Waals surface area contributed by atoms with E-state index in [1.54, 1.807) is 44.4 Å². The summed E-state index contributed by atoms with van der Waals surface area (Å²) in [5, 5.41) is -0.237. The lowest BCUT2D eigenvalue weighted by Gasteiger charge is -2.08. The Morgan fingerprint density at radius 1 is 1.00 bits per heavy atom. The number of hydrogen-bond donors (Lipinski definition) is 1. The zero-order valence-corrected chi connectivity index (χ0v) is 15.9. The number of nitrogens with zero attached hydrogens (tertiary/aromatic N) is 2. The van der Waals surface area contributed by atoms with Crippen LogP contribution in [0.1, 0.15) is 16.1 Å². The van der Waals surface area contributed by atoms with Crippen LogP contribution in [0.3, 0.4) is 0 Å². The van der Waals surface area contributed by atoms with Crippen LogP contribution in [-0.2, 0) is 10.0 Å². The molecule has 0 atom stereocenters. The molecule has 3 aromatic rings. The molecule has 8 nitrogen and oxygen atoms in total. The molecule has 144 valence electrons. The van der Waals surface area contributed by atoms with Gasteiger partial charge in [0.1, 0.15) is 22.9 Å². The zero-order chi connectivity index (χ0) is 20.1. The Labute approximate surface area is 162 Å². The number of carbonyl (C=O) groups is 1. The van der Waals surface area contributed by atoms with Crippen LogP contribution >= 0.6 is 0 Å². The van der Waals surface area contributed by atoms with Crippen molar-refractivity contribution in [2.24, 2.45) is 0 Å². The number of sulfonamides is 1. The normalized spacial score (nSPS) is 10.9. The highest BCUT2D eigenvalue weighted by atomic mass is 32.2. The van der Waals surface area contributed by atoms with Crippen molar-refractivity contribution in [2.45, 2.75) is 11.9 Å². The van der Waals surface area contributed by atoms with Crippen molar-refractivity contribution < 1.29 is 22.7 Å². The molecule has 1 aromatic carbocycles. The monoisotopic (exact) mass is 399 g/mol. The highest BCUT2D eigenvalue weighted by Crippen LogP contribution is 2.24. The van der Waals surface area contributed by atoms with Crippen LogP contribution in [0.5, 0.6) is 17.2 Å². The molecule has 3 rings (SSSR count). The minimum atomic E-state index is -4.09. The number of pyridine rings is 2. The number of benzene rings is 1. The Hall–Kier alpha value is -3.46. The first-order valence-electron chi connectivity index (χ1n) is 8.15. The predicted molar refractivity (Wildman–Crippen MR) is 101 cm³/mol. The van der Waals surface area contributed by atoms with Crippen LogP contribution in [-0.4, -0.2) is 31.4 Å². The number of carbonyl (C=O) groups excluding carboxylic acids is 1. The van der Waals surface area contributed by atoms with Crippen molar-refractivity contribution in [1.29, 1.82) is 0 Å². The predicted octanol–water partition coefficient (Wildman–Crippen LogP) is 2.70. The second-order valence-electron chi connectivity index (χ2n) is 5.77. The van der Waals surface area contributed by atoms with Gasteiger partial charge in [0.2, 0.25) is 0 Å². The fourth-order valence-electron chi connectivity index (χ4n) is 2.26. The molecule has 1 amide bonds. The maximum atomic E-state index is 12.3. The van der Waals surface area contributed by atoms with Gasteiger partial charge in [-0.3, -0.25) is 4.79 Å². The summed E-state index contributed by atoms with van der Waals surface area (Å²) in [4.78, 5) is 20.0. The lowest BCUT2D eigenvalue weighted by molar-refractivity contribution is 0.0976. The topological polar surface area (TPSA) is 107 Å². The third-order valence-corrected chi connectivity index (χ3v) is 4.87. The molecule has 0 aliphatic carbocycles. The first-order valence-corrected chi connectivity index (χ1v) is 9.63. The van der Waals surface area contributed by atoms with Gasteiger partial charge in [-0.05, 0) is 48.9 Å². The van der Waals surface area contributed by atoms with Crippen molar-refractivity contribution in [3.63, 3.8) is 0 Å². The van der Waals surface area contributed by atoms with Crippen molar-refractivity contribution in [3.8, 4) is 17.2 Å². The van der Waals surface area contributed by atoms with E-state index in [1.165, 1.54) is 30.6 Å². The number of rotatable bonds is 6. The molecule has 0 saturated carbocycles. The van der Waals surface area contributed by atoms with Crippen LogP contribution in [0.25, 0.3) is 0 Å². The minimum absolute atomic E-state index is 0.0748. The number of hydrogen-bond acceptors (Lipinski definition) is 7. The molecule has 2 aromatic heterocycles. The van der Waals surface area contributed by atoms with Gasteiger partial charge in [0, 0.05) is 12.3 Å². The van der Waals surface area contributed by atoms with E-state index in [1.807, 2.05) is 4.72 Å². The lowest BCUT2D eigenvalue weighted by Crippen LogP contribution is -2.31. The first-order chi connectivity index (χ1) is 13.4. The van der Waals surface area contributed by atoms with Crippen molar-refractivity contribution in [3.05, 3.63) is 72.2 Å². The summed E-state index contributed by atoms with van der Waals surface area (Å²) in [6.45, 7) is 1.73. The van der Waals surface area contributed by atoms with Crippen LogP contribution in [0.4, 0.5) is 0 Å². The van der Waals surface area contributed by atoms with Crippen LogP contribution in [0.15, 0.2) is 66.0 Å². The van der Waals surface area contributed by atoms with Crippen LogP contribution in [0, 0.1) is 6.92 Å². The summed E-state index contributed by atoms with van der Waals surface area (Å²) in [5.74, 6) is 0.687. The number of ether oxygens (including phenoxy) is 2. The highest BCUT2D eigenvalue weighted by molar-refractivity contribution is 7.90. The maximum Gasteiger partial charge on any atom is 0.283 e. The van der Waals surface area contributed by atoms with Gasteiger partial charge in [-0.15, -0.1) is 0 Å². The third kappa shape index (κ3) is 4.63. The molecule has 0 saturated heterocycles. The Balaban J connectivity index is 1.71. The molecule has 0 bridgehead atoms. The maximum absolute atomic E-state index is 12.3. The first kappa shape index (κ1) is 19.3. The lowest BCUT2D eigenvalue weighted by atomic mass is 10.3. The van der Waals surface area contributed by atoms with E-state index in [-0.39, 0.29) is 10.7 Å². The van der Waals surface area contributed by atoms with Crippen LogP contribution in [0.2, 0.25) is 0 Å². The summed E-state index contributed by atoms with van der Waals surface area (Å²) in [7, 11) is -2.54. The van der Waals surface area contributed by atoms with E-state index in [2.05, 4.69) is 9.97 Å². The second kappa shape index (κ2) is 8.05. The summed E-state index contributed by atoms with van der Waals surface area (Å²) in [5.41, 5.74) is 0.634. The largest absolute Gasteiger partial charge is 0.497 e. The Morgan fingerprint density at radius 3 is 2.46 bits per heavy atom. The quantitative estimate of drug-likeness (QED) is 0.679. The Kier molecular flexibility index (Phi) is 5.55. The van der Waals surface area contributed by atoms with Crippen molar-refractivity contribution in [2.75, 3.05) is 7.11 Å². The van der Waals surface area contributed by atoms with Gasteiger partial charge in [-0.2, -0.15) is 8.42 Å². The van der Waals surface area contributed by atoms with E-state index in [4.69, 9.17) is 9.47 Å². The fraction of sp³-hybridized carbons (Fsp3) is 0.105. The molecule has 0 fully saturated rings. The molecule has 2 heterocycles. The average Bonchev–Trinajstić information content (AvgIpc) is 2.68. The van der Waals surface area contributed by atoms with Gasteiger partial charge in [-0.1, -0.05) is 6.07 Å². The Morgan fingerprint density at radius 2 is 1.79 bits per heavy atom. The molecule has 0 spiro atoms. The standard InChI is InChI=1S/C19H17N3O5S/c1-13-8-9-20-18(10-13)28(24,25)22-19(23)17-7-6-16(12-21-17)27-15-5-3-4-14(11-15)26-2/h3-12H,1-2H3,(H,22,23). The number of methoxy groups -OCH3 is 1. The summed E-state index contributed by atoms with van der Waals surface area (Å²) >= 11 is 0. The summed E-state index contributed by atoms with van der Waals surface area (Å²) in [6, 6.07) is 12.9. The number of aryl methyl sites for hydroxylation is 1. The number of amides is 1. The molecule has 0 aliphatic heterocycles. The van der Waals surface area contributed by atoms with Gasteiger partial charge in [0.05, 0.1) is 13.3 Å². The number of aromatic nitrogens is 2.